The van der Waals surface area contributed by atoms with Gasteiger partial charge in [-0.15, -0.1) is 0 Å². The highest BCUT2D eigenvalue weighted by Gasteiger charge is 2.22. The van der Waals surface area contributed by atoms with Crippen LogP contribution in [0.4, 0.5) is 0 Å². The zero-order chi connectivity index (χ0) is 13.5. The van der Waals surface area contributed by atoms with E-state index in [4.69, 9.17) is 0 Å². The monoisotopic (exact) mass is 286 g/mol. The van der Waals surface area contributed by atoms with Gasteiger partial charge in [0, 0.05) is 13.1 Å². The van der Waals surface area contributed by atoms with Crippen LogP contribution in [-0.4, -0.2) is 33.4 Å². The van der Waals surface area contributed by atoms with Gasteiger partial charge in [0.25, 0.3) is 5.91 Å². The van der Waals surface area contributed by atoms with Crippen molar-refractivity contribution in [1.82, 2.24) is 19.8 Å². The third-order valence-corrected chi connectivity index (χ3v) is 4.65. The minimum Gasteiger partial charge on any atom is -0.287 e. The van der Waals surface area contributed by atoms with Gasteiger partial charge in [-0.3, -0.25) is 14.6 Å². The van der Waals surface area contributed by atoms with Crippen molar-refractivity contribution in [1.29, 1.82) is 0 Å². The molecule has 1 fully saturated rings. The highest BCUT2D eigenvalue weighted by molar-refractivity contribution is 8.04. The molecule has 4 heterocycles. The molecule has 0 saturated carbocycles. The molecule has 1 saturated heterocycles. The molecular weight excluding hydrogens is 272 g/mol. The quantitative estimate of drug-likeness (QED) is 0.916. The molecule has 0 atom stereocenters. The Hall–Kier alpha value is -1.79. The van der Waals surface area contributed by atoms with Crippen molar-refractivity contribution in [3.63, 3.8) is 0 Å². The Morgan fingerprint density at radius 2 is 2.15 bits per heavy atom. The molecule has 1 amide bonds. The van der Waals surface area contributed by atoms with Gasteiger partial charge in [-0.1, -0.05) is 17.8 Å². The second kappa shape index (κ2) is 4.64. The molecule has 0 aromatic carbocycles. The van der Waals surface area contributed by atoms with E-state index in [-0.39, 0.29) is 5.91 Å². The van der Waals surface area contributed by atoms with E-state index in [9.17, 15) is 4.79 Å². The lowest BCUT2D eigenvalue weighted by Crippen LogP contribution is -2.40. The molecule has 2 aromatic rings. The van der Waals surface area contributed by atoms with Crippen LogP contribution in [0.1, 0.15) is 18.5 Å². The van der Waals surface area contributed by atoms with Gasteiger partial charge < -0.3 is 0 Å². The van der Waals surface area contributed by atoms with Gasteiger partial charge in [0.1, 0.15) is 5.65 Å². The summed E-state index contributed by atoms with van der Waals surface area (Å²) in [4.78, 5) is 17.4. The van der Waals surface area contributed by atoms with E-state index in [0.29, 0.717) is 0 Å². The lowest BCUT2D eigenvalue weighted by molar-refractivity contribution is -0.120. The molecular formula is C14H14N4OS. The van der Waals surface area contributed by atoms with Crippen molar-refractivity contribution in [3.8, 4) is 0 Å². The van der Waals surface area contributed by atoms with Gasteiger partial charge in [0.15, 0.2) is 0 Å². The molecule has 4 rings (SSSR count). The zero-order valence-electron chi connectivity index (χ0n) is 10.9. The first kappa shape index (κ1) is 12.0. The summed E-state index contributed by atoms with van der Waals surface area (Å²) < 4.78 is 2.07. The van der Waals surface area contributed by atoms with Crippen LogP contribution in [0.15, 0.2) is 34.3 Å². The molecule has 102 valence electrons. The van der Waals surface area contributed by atoms with Gasteiger partial charge in [0.05, 0.1) is 21.8 Å². The van der Waals surface area contributed by atoms with Crippen LogP contribution in [0, 0.1) is 0 Å². The number of hydrogen-bond donors (Lipinski definition) is 1. The number of aromatic nitrogens is 2. The fourth-order valence-corrected chi connectivity index (χ4v) is 3.61. The second-order valence-electron chi connectivity index (χ2n) is 4.99. The molecule has 0 bridgehead atoms. The Bertz CT molecular complexity index is 715. The smallest absolute Gasteiger partial charge is 0.272 e. The zero-order valence-corrected chi connectivity index (χ0v) is 11.7. The number of rotatable bonds is 2. The standard InChI is InChI=1S/C14H14N4OS/c19-14(16-17-6-1-2-7-17)11-8-10-9-15-12-4-3-5-13(20-11)18(10)12/h3-5,8-9H,1-2,6-7H2,(H,16,19). The van der Waals surface area contributed by atoms with E-state index in [1.807, 2.05) is 35.5 Å². The van der Waals surface area contributed by atoms with Crippen LogP contribution < -0.4 is 5.43 Å². The van der Waals surface area contributed by atoms with Crippen LogP contribution >= 0.6 is 11.8 Å². The van der Waals surface area contributed by atoms with Crippen molar-refractivity contribution < 1.29 is 4.79 Å². The van der Waals surface area contributed by atoms with E-state index in [1.54, 1.807) is 0 Å². The Labute approximate surface area is 120 Å². The second-order valence-corrected chi connectivity index (χ2v) is 6.05. The van der Waals surface area contributed by atoms with Crippen LogP contribution in [0.25, 0.3) is 11.7 Å². The number of nitrogens with one attached hydrogen (secondary N) is 1. The number of carbonyl (C=O) groups excluding carboxylic acids is 1. The van der Waals surface area contributed by atoms with Crippen LogP contribution in [0.3, 0.4) is 0 Å². The average Bonchev–Trinajstić information content (AvgIpc) is 3.10. The van der Waals surface area contributed by atoms with Crippen molar-refractivity contribution in [2.75, 3.05) is 13.1 Å². The fraction of sp³-hybridized carbons (Fsp3) is 0.286. The van der Waals surface area contributed by atoms with Gasteiger partial charge in [-0.05, 0) is 31.1 Å². The maximum atomic E-state index is 12.3. The maximum Gasteiger partial charge on any atom is 0.272 e. The lowest BCUT2D eigenvalue weighted by atomic mass is 10.3. The Balaban J connectivity index is 1.64. The number of thioether (sulfide) groups is 1. The molecule has 6 heteroatoms. The summed E-state index contributed by atoms with van der Waals surface area (Å²) in [6.07, 6.45) is 6.02. The lowest BCUT2D eigenvalue weighted by Gasteiger charge is -2.19. The molecule has 2 aliphatic heterocycles. The van der Waals surface area contributed by atoms with E-state index >= 15 is 0 Å². The molecule has 2 aliphatic rings. The number of amides is 1. The van der Waals surface area contributed by atoms with Gasteiger partial charge >= 0.3 is 0 Å². The SMILES string of the molecule is O=C(NN1CCCC1)C1=Cc2cnc3cccc(n23)S1. The topological polar surface area (TPSA) is 49.6 Å². The first-order valence-electron chi connectivity index (χ1n) is 6.73. The maximum absolute atomic E-state index is 12.3. The number of imidazole rings is 1. The minimum atomic E-state index is -0.0265. The minimum absolute atomic E-state index is 0.0265. The normalized spacial score (nSPS) is 18.3. The fourth-order valence-electron chi connectivity index (χ4n) is 2.63. The molecule has 0 spiro atoms. The van der Waals surface area contributed by atoms with E-state index in [2.05, 4.69) is 14.8 Å². The van der Waals surface area contributed by atoms with Gasteiger partial charge in [0.2, 0.25) is 0 Å². The average molecular weight is 286 g/mol. The summed E-state index contributed by atoms with van der Waals surface area (Å²) in [5, 5.41) is 3.03. The Morgan fingerprint density at radius 3 is 3.00 bits per heavy atom. The summed E-state index contributed by atoms with van der Waals surface area (Å²) >= 11 is 1.49. The van der Waals surface area contributed by atoms with E-state index in [0.717, 1.165) is 47.2 Å². The van der Waals surface area contributed by atoms with E-state index in [1.165, 1.54) is 11.8 Å². The van der Waals surface area contributed by atoms with Crippen LogP contribution in [0.2, 0.25) is 0 Å². The summed E-state index contributed by atoms with van der Waals surface area (Å²) in [6.45, 7) is 1.88. The molecule has 0 aliphatic carbocycles. The molecule has 5 nitrogen and oxygen atoms in total. The van der Waals surface area contributed by atoms with Crippen molar-refractivity contribution in [2.24, 2.45) is 0 Å². The van der Waals surface area contributed by atoms with E-state index < -0.39 is 0 Å². The molecule has 1 N–H and O–H groups in total. The molecule has 20 heavy (non-hydrogen) atoms. The summed E-state index contributed by atoms with van der Waals surface area (Å²) in [5.41, 5.74) is 4.86. The largest absolute Gasteiger partial charge is 0.287 e. The number of hydrazine groups is 1. The number of hydrogen-bond acceptors (Lipinski definition) is 4. The Kier molecular flexibility index (Phi) is 2.78. The molecule has 0 radical (unpaired) electrons. The summed E-state index contributed by atoms with van der Waals surface area (Å²) in [6, 6.07) is 5.95. The van der Waals surface area contributed by atoms with Crippen molar-refractivity contribution in [2.45, 2.75) is 17.9 Å². The van der Waals surface area contributed by atoms with Crippen molar-refractivity contribution >= 4 is 29.4 Å². The van der Waals surface area contributed by atoms with Crippen LogP contribution in [0.5, 0.6) is 0 Å². The molecule has 2 aromatic heterocycles. The predicted molar refractivity (Wildman–Crippen MR) is 78.0 cm³/mol. The first-order chi connectivity index (χ1) is 9.81. The Morgan fingerprint density at radius 1 is 1.30 bits per heavy atom. The van der Waals surface area contributed by atoms with Crippen molar-refractivity contribution in [3.05, 3.63) is 35.0 Å². The number of carbonyl (C=O) groups is 1. The summed E-state index contributed by atoms with van der Waals surface area (Å²) in [7, 11) is 0. The highest BCUT2D eigenvalue weighted by atomic mass is 32.2. The number of pyridine rings is 1. The van der Waals surface area contributed by atoms with Crippen LogP contribution in [-0.2, 0) is 4.79 Å². The predicted octanol–water partition coefficient (Wildman–Crippen LogP) is 1.91. The third-order valence-electron chi connectivity index (χ3n) is 3.60. The third kappa shape index (κ3) is 1.92. The van der Waals surface area contributed by atoms with Gasteiger partial charge in [-0.25, -0.2) is 9.99 Å². The highest BCUT2D eigenvalue weighted by Crippen LogP contribution is 2.34. The number of nitrogens with zero attached hydrogens (tertiary/aromatic N) is 3. The summed E-state index contributed by atoms with van der Waals surface area (Å²) in [5.74, 6) is -0.0265. The molecule has 0 unspecified atom stereocenters. The van der Waals surface area contributed by atoms with Gasteiger partial charge in [-0.2, -0.15) is 0 Å². The first-order valence-corrected chi connectivity index (χ1v) is 7.55.